The van der Waals surface area contributed by atoms with Crippen molar-refractivity contribution in [3.8, 4) is 6.07 Å². The van der Waals surface area contributed by atoms with E-state index in [9.17, 15) is 9.90 Å². The minimum atomic E-state index is -1.50. The topological polar surface area (TPSA) is 81.3 Å². The number of carboxylic acids is 1. The summed E-state index contributed by atoms with van der Waals surface area (Å²) in [4.78, 5) is 10.6. The largest absolute Gasteiger partial charge is 0.479 e. The van der Waals surface area contributed by atoms with Crippen LogP contribution in [0.1, 0.15) is 23.7 Å². The molecule has 1 aromatic rings. The summed E-state index contributed by atoms with van der Waals surface area (Å²) >= 11 is 2.12. The lowest BCUT2D eigenvalue weighted by atomic mass is 10.0. The molecule has 0 aliphatic rings. The minimum absolute atomic E-state index is 0.348. The number of carbonyl (C=O) groups is 1. The van der Waals surface area contributed by atoms with Crippen molar-refractivity contribution in [2.24, 2.45) is 0 Å². The molecule has 0 heterocycles. The molecule has 1 rings (SSSR count). The standard InChI is InChI=1S/C11H10INO3/c12-9-4-3-8(10(14)11(15)16)6-7(9)2-1-5-13/h3-4,6,10,14H,1-2H2,(H,15,16). The Kier molecular flexibility index (Phi) is 4.71. The number of halogens is 1. The van der Waals surface area contributed by atoms with Crippen LogP contribution in [-0.4, -0.2) is 16.2 Å². The molecule has 0 saturated heterocycles. The van der Waals surface area contributed by atoms with Gasteiger partial charge in [0.2, 0.25) is 0 Å². The van der Waals surface area contributed by atoms with E-state index in [1.807, 2.05) is 6.07 Å². The van der Waals surface area contributed by atoms with Crippen molar-refractivity contribution in [1.29, 1.82) is 5.26 Å². The van der Waals surface area contributed by atoms with Gasteiger partial charge >= 0.3 is 5.97 Å². The predicted octanol–water partition coefficient (Wildman–Crippen LogP) is 1.87. The molecule has 4 nitrogen and oxygen atoms in total. The summed E-state index contributed by atoms with van der Waals surface area (Å²) in [5.74, 6) is -1.27. The van der Waals surface area contributed by atoms with Crippen LogP contribution in [0.25, 0.3) is 0 Å². The Hall–Kier alpha value is -1.13. The SMILES string of the molecule is N#CCCc1cc(C(O)C(=O)O)ccc1I. The first kappa shape index (κ1) is 12.9. The molecule has 1 aromatic carbocycles. The number of nitriles is 1. The van der Waals surface area contributed by atoms with E-state index in [1.165, 1.54) is 0 Å². The average Bonchev–Trinajstić information content (AvgIpc) is 2.27. The molecule has 16 heavy (non-hydrogen) atoms. The number of benzene rings is 1. The quantitative estimate of drug-likeness (QED) is 0.826. The highest BCUT2D eigenvalue weighted by Gasteiger charge is 2.16. The molecule has 0 aliphatic heterocycles. The van der Waals surface area contributed by atoms with Crippen molar-refractivity contribution in [2.75, 3.05) is 0 Å². The van der Waals surface area contributed by atoms with Gasteiger partial charge in [0.05, 0.1) is 6.07 Å². The molecule has 0 radical (unpaired) electrons. The van der Waals surface area contributed by atoms with Crippen molar-refractivity contribution in [3.05, 3.63) is 32.9 Å². The zero-order valence-electron chi connectivity index (χ0n) is 8.35. The normalized spacial score (nSPS) is 11.8. The van der Waals surface area contributed by atoms with Crippen LogP contribution in [0.4, 0.5) is 0 Å². The highest BCUT2D eigenvalue weighted by atomic mass is 127. The smallest absolute Gasteiger partial charge is 0.337 e. The molecule has 0 fully saturated rings. The lowest BCUT2D eigenvalue weighted by molar-refractivity contribution is -0.146. The summed E-state index contributed by atoms with van der Waals surface area (Å²) in [6.07, 6.45) is -0.560. The number of carboxylic acid groups (broad SMARTS) is 1. The van der Waals surface area contributed by atoms with Crippen molar-refractivity contribution >= 4 is 28.6 Å². The lowest BCUT2D eigenvalue weighted by Crippen LogP contribution is -2.11. The van der Waals surface area contributed by atoms with Gasteiger partial charge in [0.1, 0.15) is 0 Å². The van der Waals surface area contributed by atoms with E-state index in [1.54, 1.807) is 18.2 Å². The summed E-state index contributed by atoms with van der Waals surface area (Å²) in [6.45, 7) is 0. The molecular weight excluding hydrogens is 321 g/mol. The predicted molar refractivity (Wildman–Crippen MR) is 65.7 cm³/mol. The molecule has 0 aromatic heterocycles. The van der Waals surface area contributed by atoms with Gasteiger partial charge < -0.3 is 10.2 Å². The molecule has 0 spiro atoms. The maximum Gasteiger partial charge on any atom is 0.337 e. The molecule has 1 atom stereocenters. The molecule has 0 amide bonds. The summed E-state index contributed by atoms with van der Waals surface area (Å²) in [5.41, 5.74) is 1.24. The zero-order chi connectivity index (χ0) is 12.1. The second-order valence-corrected chi connectivity index (χ2v) is 4.41. The summed E-state index contributed by atoms with van der Waals surface area (Å²) < 4.78 is 0.967. The van der Waals surface area contributed by atoms with E-state index in [2.05, 4.69) is 22.6 Å². The van der Waals surface area contributed by atoms with Crippen LogP contribution in [-0.2, 0) is 11.2 Å². The third-order valence-corrected chi connectivity index (χ3v) is 3.18. The number of aliphatic hydroxyl groups excluding tert-OH is 1. The van der Waals surface area contributed by atoms with Gasteiger partial charge in [0, 0.05) is 9.99 Å². The van der Waals surface area contributed by atoms with Crippen molar-refractivity contribution in [3.63, 3.8) is 0 Å². The molecule has 0 aliphatic carbocycles. The third-order valence-electron chi connectivity index (χ3n) is 2.13. The number of rotatable bonds is 4. The molecule has 5 heteroatoms. The van der Waals surface area contributed by atoms with Crippen molar-refractivity contribution < 1.29 is 15.0 Å². The monoisotopic (exact) mass is 331 g/mol. The van der Waals surface area contributed by atoms with Gasteiger partial charge in [0.25, 0.3) is 0 Å². The number of nitrogens with zero attached hydrogens (tertiary/aromatic N) is 1. The second-order valence-electron chi connectivity index (χ2n) is 3.25. The van der Waals surface area contributed by atoms with E-state index in [0.717, 1.165) is 9.13 Å². The molecule has 0 saturated carbocycles. The first-order valence-electron chi connectivity index (χ1n) is 4.62. The minimum Gasteiger partial charge on any atom is -0.479 e. The van der Waals surface area contributed by atoms with Crippen LogP contribution >= 0.6 is 22.6 Å². The highest BCUT2D eigenvalue weighted by molar-refractivity contribution is 14.1. The number of hydrogen-bond donors (Lipinski definition) is 2. The van der Waals surface area contributed by atoms with Crippen LogP contribution in [0.15, 0.2) is 18.2 Å². The molecular formula is C11H10INO3. The van der Waals surface area contributed by atoms with Crippen LogP contribution in [0, 0.1) is 14.9 Å². The van der Waals surface area contributed by atoms with Gasteiger partial charge in [-0.3, -0.25) is 0 Å². The number of hydrogen-bond acceptors (Lipinski definition) is 3. The van der Waals surface area contributed by atoms with Gasteiger partial charge in [0.15, 0.2) is 6.10 Å². The third kappa shape index (κ3) is 3.18. The van der Waals surface area contributed by atoms with E-state index in [4.69, 9.17) is 10.4 Å². The van der Waals surface area contributed by atoms with Crippen LogP contribution in [0.2, 0.25) is 0 Å². The average molecular weight is 331 g/mol. The Morgan fingerprint density at radius 3 is 2.81 bits per heavy atom. The van der Waals surface area contributed by atoms with Crippen molar-refractivity contribution in [1.82, 2.24) is 0 Å². The summed E-state index contributed by atoms with van der Waals surface area (Å²) in [5, 5.41) is 26.5. The fourth-order valence-corrected chi connectivity index (χ4v) is 1.89. The first-order chi connectivity index (χ1) is 7.56. The Bertz CT molecular complexity index is 439. The summed E-state index contributed by atoms with van der Waals surface area (Å²) in [6, 6.07) is 6.99. The van der Waals surface area contributed by atoms with E-state index >= 15 is 0 Å². The van der Waals surface area contributed by atoms with Crippen LogP contribution < -0.4 is 0 Å². The molecule has 1 unspecified atom stereocenters. The van der Waals surface area contributed by atoms with Gasteiger partial charge in [-0.05, 0) is 46.2 Å². The molecule has 0 bridgehead atoms. The van der Waals surface area contributed by atoms with E-state index < -0.39 is 12.1 Å². The van der Waals surface area contributed by atoms with E-state index in [-0.39, 0.29) is 0 Å². The van der Waals surface area contributed by atoms with Gasteiger partial charge in [-0.1, -0.05) is 12.1 Å². The Morgan fingerprint density at radius 2 is 2.25 bits per heavy atom. The second kappa shape index (κ2) is 5.82. The van der Waals surface area contributed by atoms with Crippen LogP contribution in [0.5, 0.6) is 0 Å². The lowest BCUT2D eigenvalue weighted by Gasteiger charge is -2.09. The molecule has 84 valence electrons. The zero-order valence-corrected chi connectivity index (χ0v) is 10.5. The molecule has 2 N–H and O–H groups in total. The van der Waals surface area contributed by atoms with E-state index in [0.29, 0.717) is 18.4 Å². The Morgan fingerprint density at radius 1 is 1.56 bits per heavy atom. The number of aryl methyl sites for hydroxylation is 1. The highest BCUT2D eigenvalue weighted by Crippen LogP contribution is 2.20. The fourth-order valence-electron chi connectivity index (χ4n) is 1.29. The van der Waals surface area contributed by atoms with Gasteiger partial charge in [-0.25, -0.2) is 4.79 Å². The maximum absolute atomic E-state index is 10.6. The summed E-state index contributed by atoms with van der Waals surface area (Å²) in [7, 11) is 0. The number of aliphatic carboxylic acids is 1. The van der Waals surface area contributed by atoms with Gasteiger partial charge in [-0.15, -0.1) is 0 Å². The maximum atomic E-state index is 10.6. The number of aliphatic hydroxyl groups is 1. The van der Waals surface area contributed by atoms with Gasteiger partial charge in [-0.2, -0.15) is 5.26 Å². The van der Waals surface area contributed by atoms with Crippen LogP contribution in [0.3, 0.4) is 0 Å². The Labute approximate surface area is 107 Å². The Balaban J connectivity index is 2.98. The fraction of sp³-hybridized carbons (Fsp3) is 0.273. The first-order valence-corrected chi connectivity index (χ1v) is 5.70. The van der Waals surface area contributed by atoms with Crippen molar-refractivity contribution in [2.45, 2.75) is 18.9 Å².